The molecule has 0 aliphatic rings. The highest BCUT2D eigenvalue weighted by Gasteiger charge is 2.11. The van der Waals surface area contributed by atoms with Crippen molar-refractivity contribution in [3.63, 3.8) is 0 Å². The van der Waals surface area contributed by atoms with E-state index in [9.17, 15) is 0 Å². The minimum absolute atomic E-state index is 0.533. The molecule has 0 saturated heterocycles. The molecule has 1 aromatic heterocycles. The van der Waals surface area contributed by atoms with Gasteiger partial charge in [0.15, 0.2) is 0 Å². The van der Waals surface area contributed by atoms with Crippen LogP contribution in [0.3, 0.4) is 0 Å². The zero-order valence-electron chi connectivity index (χ0n) is 8.89. The van der Waals surface area contributed by atoms with Gasteiger partial charge >= 0.3 is 0 Å². The van der Waals surface area contributed by atoms with Crippen LogP contribution in [0.1, 0.15) is 31.0 Å². The first-order chi connectivity index (χ1) is 6.59. The molecule has 0 aliphatic carbocycles. The summed E-state index contributed by atoms with van der Waals surface area (Å²) in [6.45, 7) is 6.53. The van der Waals surface area contributed by atoms with Crippen molar-refractivity contribution in [3.05, 3.63) is 29.5 Å². The number of anilines is 1. The van der Waals surface area contributed by atoms with E-state index in [1.54, 1.807) is 0 Å². The van der Waals surface area contributed by atoms with Crippen LogP contribution in [0, 0.1) is 6.92 Å². The highest BCUT2D eigenvalue weighted by molar-refractivity contribution is 5.87. The van der Waals surface area contributed by atoms with Crippen LogP contribution in [-0.2, 0) is 0 Å². The Morgan fingerprint density at radius 2 is 2.00 bits per heavy atom. The molecule has 0 radical (unpaired) electrons. The number of benzene rings is 1. The summed E-state index contributed by atoms with van der Waals surface area (Å²) in [6, 6.07) is 6.03. The van der Waals surface area contributed by atoms with Crippen molar-refractivity contribution in [1.82, 2.24) is 4.98 Å². The molecular formula is C12H16N2. The molecule has 0 atom stereocenters. The Hall–Kier alpha value is -1.44. The van der Waals surface area contributed by atoms with Crippen molar-refractivity contribution in [1.29, 1.82) is 0 Å². The van der Waals surface area contributed by atoms with Crippen molar-refractivity contribution in [2.75, 3.05) is 5.73 Å². The van der Waals surface area contributed by atoms with Crippen LogP contribution in [0.5, 0.6) is 0 Å². The van der Waals surface area contributed by atoms with Crippen molar-refractivity contribution in [2.45, 2.75) is 26.7 Å². The molecule has 0 spiro atoms. The second-order valence-corrected chi connectivity index (χ2v) is 4.12. The molecule has 0 aliphatic heterocycles. The van der Waals surface area contributed by atoms with Crippen molar-refractivity contribution >= 4 is 16.6 Å². The first-order valence-electron chi connectivity index (χ1n) is 4.97. The molecule has 0 fully saturated rings. The van der Waals surface area contributed by atoms with Gasteiger partial charge in [-0.2, -0.15) is 0 Å². The number of nitrogens with two attached hydrogens (primary N) is 1. The Morgan fingerprint density at radius 3 is 2.64 bits per heavy atom. The first-order valence-corrected chi connectivity index (χ1v) is 4.97. The molecule has 2 aromatic rings. The number of hydrogen-bond acceptors (Lipinski definition) is 1. The summed E-state index contributed by atoms with van der Waals surface area (Å²) in [5, 5.41) is 1.26. The monoisotopic (exact) mass is 188 g/mol. The Bertz CT molecular complexity index is 466. The van der Waals surface area contributed by atoms with E-state index in [-0.39, 0.29) is 0 Å². The maximum atomic E-state index is 5.79. The van der Waals surface area contributed by atoms with E-state index in [4.69, 9.17) is 5.73 Å². The molecule has 74 valence electrons. The second-order valence-electron chi connectivity index (χ2n) is 4.12. The van der Waals surface area contributed by atoms with Gasteiger partial charge in [-0.25, -0.2) is 0 Å². The minimum Gasteiger partial charge on any atom is -0.399 e. The number of rotatable bonds is 1. The van der Waals surface area contributed by atoms with Gasteiger partial charge in [0.1, 0.15) is 0 Å². The SMILES string of the molecule is Cc1[nH]c2ccc(N)cc2c1C(C)C. The number of nitrogen functional groups attached to an aromatic ring is 1. The van der Waals surface area contributed by atoms with E-state index >= 15 is 0 Å². The summed E-state index contributed by atoms with van der Waals surface area (Å²) in [5.74, 6) is 0.533. The second kappa shape index (κ2) is 3.05. The largest absolute Gasteiger partial charge is 0.399 e. The van der Waals surface area contributed by atoms with E-state index in [1.165, 1.54) is 22.2 Å². The minimum atomic E-state index is 0.533. The van der Waals surface area contributed by atoms with E-state index in [1.807, 2.05) is 18.2 Å². The Balaban J connectivity index is 2.79. The highest BCUT2D eigenvalue weighted by atomic mass is 14.7. The van der Waals surface area contributed by atoms with Crippen molar-refractivity contribution in [2.24, 2.45) is 0 Å². The van der Waals surface area contributed by atoms with E-state index in [0.717, 1.165) is 5.69 Å². The van der Waals surface area contributed by atoms with Gasteiger partial charge in [0, 0.05) is 22.3 Å². The molecule has 14 heavy (non-hydrogen) atoms. The Labute approximate surface area is 84.1 Å². The summed E-state index contributed by atoms with van der Waals surface area (Å²) >= 11 is 0. The molecule has 2 heteroatoms. The molecule has 1 aromatic carbocycles. The van der Waals surface area contributed by atoms with Gasteiger partial charge < -0.3 is 10.7 Å². The normalized spacial score (nSPS) is 11.4. The predicted octanol–water partition coefficient (Wildman–Crippen LogP) is 3.18. The van der Waals surface area contributed by atoms with Crippen LogP contribution in [-0.4, -0.2) is 4.98 Å². The van der Waals surface area contributed by atoms with Crippen LogP contribution >= 0.6 is 0 Å². The molecular weight excluding hydrogens is 172 g/mol. The van der Waals surface area contributed by atoms with E-state index in [0.29, 0.717) is 5.92 Å². The van der Waals surface area contributed by atoms with Crippen molar-refractivity contribution < 1.29 is 0 Å². The van der Waals surface area contributed by atoms with Gasteiger partial charge in [-0.05, 0) is 36.6 Å². The summed E-state index contributed by atoms with van der Waals surface area (Å²) in [7, 11) is 0. The van der Waals surface area contributed by atoms with Crippen LogP contribution in [0.4, 0.5) is 5.69 Å². The Morgan fingerprint density at radius 1 is 1.29 bits per heavy atom. The third-order valence-electron chi connectivity index (χ3n) is 2.64. The van der Waals surface area contributed by atoms with Crippen LogP contribution in [0.25, 0.3) is 10.9 Å². The average Bonchev–Trinajstić information content (AvgIpc) is 2.40. The standard InChI is InChI=1S/C12H16N2/c1-7(2)12-8(3)14-11-5-4-9(13)6-10(11)12/h4-7,14H,13H2,1-3H3. The molecule has 0 amide bonds. The number of H-pyrrole nitrogens is 1. The third kappa shape index (κ3) is 1.27. The maximum Gasteiger partial charge on any atom is 0.0460 e. The molecule has 3 N–H and O–H groups in total. The summed E-state index contributed by atoms with van der Waals surface area (Å²) in [5.41, 5.74) is 10.4. The van der Waals surface area contributed by atoms with Gasteiger partial charge in [-0.15, -0.1) is 0 Å². The lowest BCUT2D eigenvalue weighted by molar-refractivity contribution is 0.864. The zero-order valence-corrected chi connectivity index (χ0v) is 8.89. The molecule has 2 nitrogen and oxygen atoms in total. The van der Waals surface area contributed by atoms with Gasteiger partial charge in [0.05, 0.1) is 0 Å². The van der Waals surface area contributed by atoms with Gasteiger partial charge in [-0.1, -0.05) is 13.8 Å². The molecule has 0 unspecified atom stereocenters. The topological polar surface area (TPSA) is 41.8 Å². The smallest absolute Gasteiger partial charge is 0.0460 e. The number of fused-ring (bicyclic) bond motifs is 1. The summed E-state index contributed by atoms with van der Waals surface area (Å²) in [4.78, 5) is 3.38. The zero-order chi connectivity index (χ0) is 10.3. The number of aromatic amines is 1. The molecule has 1 heterocycles. The molecule has 2 rings (SSSR count). The quantitative estimate of drug-likeness (QED) is 0.663. The lowest BCUT2D eigenvalue weighted by atomic mass is 10.00. The number of aromatic nitrogens is 1. The number of aryl methyl sites for hydroxylation is 1. The van der Waals surface area contributed by atoms with E-state index < -0.39 is 0 Å². The van der Waals surface area contributed by atoms with Crippen LogP contribution in [0.2, 0.25) is 0 Å². The lowest BCUT2D eigenvalue weighted by Crippen LogP contribution is -1.89. The molecule has 0 saturated carbocycles. The van der Waals surface area contributed by atoms with Crippen LogP contribution in [0.15, 0.2) is 18.2 Å². The summed E-state index contributed by atoms with van der Waals surface area (Å²) < 4.78 is 0. The highest BCUT2D eigenvalue weighted by Crippen LogP contribution is 2.29. The number of hydrogen-bond donors (Lipinski definition) is 2. The maximum absolute atomic E-state index is 5.79. The fourth-order valence-corrected chi connectivity index (χ4v) is 2.11. The fraction of sp³-hybridized carbons (Fsp3) is 0.333. The van der Waals surface area contributed by atoms with E-state index in [2.05, 4.69) is 25.8 Å². The summed E-state index contributed by atoms with van der Waals surface area (Å²) in [6.07, 6.45) is 0. The first kappa shape index (κ1) is 9.13. The van der Waals surface area contributed by atoms with Gasteiger partial charge in [0.2, 0.25) is 0 Å². The van der Waals surface area contributed by atoms with Crippen molar-refractivity contribution in [3.8, 4) is 0 Å². The molecule has 0 bridgehead atoms. The predicted molar refractivity (Wildman–Crippen MR) is 61.5 cm³/mol. The average molecular weight is 188 g/mol. The third-order valence-corrected chi connectivity index (χ3v) is 2.64. The van der Waals surface area contributed by atoms with Gasteiger partial charge in [-0.3, -0.25) is 0 Å². The van der Waals surface area contributed by atoms with Crippen LogP contribution < -0.4 is 5.73 Å². The fourth-order valence-electron chi connectivity index (χ4n) is 2.11. The Kier molecular flexibility index (Phi) is 1.99. The number of nitrogens with one attached hydrogen (secondary N) is 1. The van der Waals surface area contributed by atoms with Gasteiger partial charge in [0.25, 0.3) is 0 Å². The lowest BCUT2D eigenvalue weighted by Gasteiger charge is -2.04.